The molecule has 1 aromatic heterocycles. The van der Waals surface area contributed by atoms with Gasteiger partial charge in [-0.2, -0.15) is 0 Å². The molecule has 3 rings (SSSR count). The molecule has 4 nitrogen and oxygen atoms in total. The molecule has 2 heterocycles. The average Bonchev–Trinajstić information content (AvgIpc) is 2.89. The number of nitrogens with zero attached hydrogens (tertiary/aromatic N) is 1. The second-order valence-corrected chi connectivity index (χ2v) is 6.97. The zero-order valence-electron chi connectivity index (χ0n) is 14.9. The summed E-state index contributed by atoms with van der Waals surface area (Å²) >= 11 is 0. The maximum absolute atomic E-state index is 13.0. The van der Waals surface area contributed by atoms with Crippen LogP contribution in [0.25, 0.3) is 11.0 Å². The molecule has 1 aliphatic rings. The SMILES string of the molecule is Cc1ccc(C)c2c(C)c(C(=O)N3CCCC(C(C)N)C3)oc12.Cl. The van der Waals surface area contributed by atoms with Gasteiger partial charge in [-0.05, 0) is 57.6 Å². The summed E-state index contributed by atoms with van der Waals surface area (Å²) in [5.74, 6) is 0.867. The van der Waals surface area contributed by atoms with Gasteiger partial charge >= 0.3 is 0 Å². The summed E-state index contributed by atoms with van der Waals surface area (Å²) in [5, 5.41) is 1.08. The Morgan fingerprint density at radius 3 is 2.58 bits per heavy atom. The molecule has 132 valence electrons. The third kappa shape index (κ3) is 3.17. The highest BCUT2D eigenvalue weighted by atomic mass is 35.5. The molecule has 1 aromatic carbocycles. The number of amides is 1. The molecule has 2 atom stereocenters. The van der Waals surface area contributed by atoms with Crippen molar-refractivity contribution in [2.75, 3.05) is 13.1 Å². The molecule has 0 bridgehead atoms. The van der Waals surface area contributed by atoms with Crippen molar-refractivity contribution >= 4 is 29.3 Å². The number of aryl methyl sites for hydroxylation is 3. The molecule has 0 saturated carbocycles. The lowest BCUT2D eigenvalue weighted by molar-refractivity contribution is 0.0630. The highest BCUT2D eigenvalue weighted by Crippen LogP contribution is 2.32. The summed E-state index contributed by atoms with van der Waals surface area (Å²) in [4.78, 5) is 14.9. The number of hydrogen-bond acceptors (Lipinski definition) is 3. The summed E-state index contributed by atoms with van der Waals surface area (Å²) in [5.41, 5.74) is 10.1. The number of nitrogens with two attached hydrogens (primary N) is 1. The Morgan fingerprint density at radius 2 is 1.96 bits per heavy atom. The van der Waals surface area contributed by atoms with Crippen LogP contribution in [0.1, 0.15) is 47.0 Å². The second-order valence-electron chi connectivity index (χ2n) is 6.97. The molecule has 0 aliphatic carbocycles. The number of rotatable bonds is 2. The third-order valence-electron chi connectivity index (χ3n) is 5.17. The van der Waals surface area contributed by atoms with E-state index in [1.54, 1.807) is 0 Å². The van der Waals surface area contributed by atoms with E-state index in [0.717, 1.165) is 53.6 Å². The first-order chi connectivity index (χ1) is 10.9. The Morgan fingerprint density at radius 1 is 1.29 bits per heavy atom. The molecule has 0 radical (unpaired) electrons. The van der Waals surface area contributed by atoms with Crippen molar-refractivity contribution in [3.63, 3.8) is 0 Å². The largest absolute Gasteiger partial charge is 0.450 e. The summed E-state index contributed by atoms with van der Waals surface area (Å²) in [6.07, 6.45) is 2.11. The van der Waals surface area contributed by atoms with Gasteiger partial charge in [0.2, 0.25) is 0 Å². The average molecular weight is 351 g/mol. The summed E-state index contributed by atoms with van der Waals surface area (Å²) in [6.45, 7) is 9.61. The lowest BCUT2D eigenvalue weighted by atomic mass is 9.92. The van der Waals surface area contributed by atoms with Gasteiger partial charge in [0.25, 0.3) is 5.91 Å². The zero-order chi connectivity index (χ0) is 16.7. The normalized spacial score (nSPS) is 19.2. The number of carbonyl (C=O) groups excluding carboxylic acids is 1. The first kappa shape index (κ1) is 18.8. The standard InChI is InChI=1S/C19H26N2O2.ClH/c1-11-7-8-12(2)17-16(11)13(3)18(23-17)19(22)21-9-5-6-15(10-21)14(4)20;/h7-8,14-15H,5-6,9-10,20H2,1-4H3;1H. The fourth-order valence-corrected chi connectivity index (χ4v) is 3.65. The highest BCUT2D eigenvalue weighted by molar-refractivity contribution is 6.00. The van der Waals surface area contributed by atoms with Crippen LogP contribution in [0.5, 0.6) is 0 Å². The molecule has 1 aliphatic heterocycles. The molecule has 24 heavy (non-hydrogen) atoms. The molecule has 0 spiro atoms. The molecule has 2 aromatic rings. The minimum absolute atomic E-state index is 0. The molecular weight excluding hydrogens is 324 g/mol. The zero-order valence-corrected chi connectivity index (χ0v) is 15.7. The van der Waals surface area contributed by atoms with Crippen molar-refractivity contribution in [3.05, 3.63) is 34.6 Å². The molecular formula is C19H27ClN2O2. The maximum Gasteiger partial charge on any atom is 0.289 e. The van der Waals surface area contributed by atoms with Gasteiger partial charge in [0.05, 0.1) is 0 Å². The monoisotopic (exact) mass is 350 g/mol. The van der Waals surface area contributed by atoms with E-state index in [1.807, 2.05) is 31.7 Å². The van der Waals surface area contributed by atoms with Crippen LogP contribution in [-0.2, 0) is 0 Å². The fraction of sp³-hybridized carbons (Fsp3) is 0.526. The predicted octanol–water partition coefficient (Wildman–Crippen LogP) is 3.98. The number of fused-ring (bicyclic) bond motifs is 1. The van der Waals surface area contributed by atoms with Gasteiger partial charge in [-0.25, -0.2) is 0 Å². The van der Waals surface area contributed by atoms with Crippen LogP contribution in [0, 0.1) is 26.7 Å². The van der Waals surface area contributed by atoms with Crippen LogP contribution in [0.15, 0.2) is 16.5 Å². The van der Waals surface area contributed by atoms with Crippen molar-refractivity contribution in [2.45, 2.75) is 46.6 Å². The Labute approximate surface area is 149 Å². The highest BCUT2D eigenvalue weighted by Gasteiger charge is 2.30. The Bertz CT molecular complexity index is 751. The molecule has 2 unspecified atom stereocenters. The van der Waals surface area contributed by atoms with Gasteiger partial charge in [0.15, 0.2) is 5.76 Å². The Balaban J connectivity index is 0.00000208. The van der Waals surface area contributed by atoms with Gasteiger partial charge < -0.3 is 15.1 Å². The van der Waals surface area contributed by atoms with Crippen LogP contribution >= 0.6 is 12.4 Å². The van der Waals surface area contributed by atoms with Gasteiger partial charge in [0.1, 0.15) is 5.58 Å². The lowest BCUT2D eigenvalue weighted by Gasteiger charge is -2.34. The van der Waals surface area contributed by atoms with E-state index in [-0.39, 0.29) is 24.4 Å². The maximum atomic E-state index is 13.0. The predicted molar refractivity (Wildman–Crippen MR) is 99.9 cm³/mol. The van der Waals surface area contributed by atoms with E-state index in [9.17, 15) is 4.79 Å². The van der Waals surface area contributed by atoms with Gasteiger partial charge in [-0.1, -0.05) is 12.1 Å². The number of hydrogen-bond donors (Lipinski definition) is 1. The lowest BCUT2D eigenvalue weighted by Crippen LogP contribution is -2.45. The van der Waals surface area contributed by atoms with Crippen molar-refractivity contribution in [1.82, 2.24) is 4.90 Å². The minimum Gasteiger partial charge on any atom is -0.450 e. The Hall–Kier alpha value is -1.52. The van der Waals surface area contributed by atoms with E-state index in [0.29, 0.717) is 11.7 Å². The van der Waals surface area contributed by atoms with Gasteiger partial charge in [-0.3, -0.25) is 4.79 Å². The Kier molecular flexibility index (Phi) is 5.61. The summed E-state index contributed by atoms with van der Waals surface area (Å²) in [7, 11) is 0. The van der Waals surface area contributed by atoms with E-state index in [4.69, 9.17) is 10.2 Å². The smallest absolute Gasteiger partial charge is 0.289 e. The molecule has 1 amide bonds. The van der Waals surface area contributed by atoms with E-state index < -0.39 is 0 Å². The van der Waals surface area contributed by atoms with Crippen molar-refractivity contribution in [1.29, 1.82) is 0 Å². The summed E-state index contributed by atoms with van der Waals surface area (Å²) in [6, 6.07) is 4.25. The van der Waals surface area contributed by atoms with Crippen molar-refractivity contribution in [2.24, 2.45) is 11.7 Å². The number of carbonyl (C=O) groups is 1. The van der Waals surface area contributed by atoms with Gasteiger partial charge in [0, 0.05) is 30.1 Å². The molecule has 5 heteroatoms. The van der Waals surface area contributed by atoms with Crippen LogP contribution in [0.4, 0.5) is 0 Å². The first-order valence-corrected chi connectivity index (χ1v) is 8.44. The quantitative estimate of drug-likeness (QED) is 0.891. The third-order valence-corrected chi connectivity index (χ3v) is 5.17. The number of benzene rings is 1. The van der Waals surface area contributed by atoms with Crippen LogP contribution < -0.4 is 5.73 Å². The fourth-order valence-electron chi connectivity index (χ4n) is 3.65. The first-order valence-electron chi connectivity index (χ1n) is 8.44. The van der Waals surface area contributed by atoms with Crippen LogP contribution in [0.2, 0.25) is 0 Å². The van der Waals surface area contributed by atoms with Crippen LogP contribution in [0.3, 0.4) is 0 Å². The van der Waals surface area contributed by atoms with E-state index in [1.165, 1.54) is 0 Å². The van der Waals surface area contributed by atoms with Crippen molar-refractivity contribution in [3.8, 4) is 0 Å². The molecule has 1 saturated heterocycles. The van der Waals surface area contributed by atoms with E-state index >= 15 is 0 Å². The van der Waals surface area contributed by atoms with Crippen molar-refractivity contribution < 1.29 is 9.21 Å². The second kappa shape index (κ2) is 7.16. The summed E-state index contributed by atoms with van der Waals surface area (Å²) < 4.78 is 6.00. The minimum atomic E-state index is 0. The number of piperidine rings is 1. The van der Waals surface area contributed by atoms with Gasteiger partial charge in [-0.15, -0.1) is 12.4 Å². The molecule has 1 fully saturated rings. The molecule has 2 N–H and O–H groups in total. The topological polar surface area (TPSA) is 59.5 Å². The van der Waals surface area contributed by atoms with E-state index in [2.05, 4.69) is 13.0 Å². The van der Waals surface area contributed by atoms with Crippen LogP contribution in [-0.4, -0.2) is 29.9 Å². The number of furan rings is 1. The number of likely N-dealkylation sites (tertiary alicyclic amines) is 1. The number of halogens is 1.